The number of rotatable bonds is 0. The number of hydrogen-bond donors (Lipinski definition) is 2. The normalized spacial score (nSPS) is 30.9. The van der Waals surface area contributed by atoms with Gasteiger partial charge in [-0.1, -0.05) is 11.6 Å². The average molecular weight is 255 g/mol. The number of thiocarbonyl (C=S) groups is 1. The number of hydrogen-bond acceptors (Lipinski definition) is 2. The third kappa shape index (κ3) is 1.53. The van der Waals surface area contributed by atoms with Gasteiger partial charge in [0, 0.05) is 17.0 Å². The van der Waals surface area contributed by atoms with Crippen molar-refractivity contribution >= 4 is 28.9 Å². The van der Waals surface area contributed by atoms with Crippen LogP contribution in [0.25, 0.3) is 0 Å². The van der Waals surface area contributed by atoms with Crippen LogP contribution in [0.1, 0.15) is 24.9 Å². The predicted octanol–water partition coefficient (Wildman–Crippen LogP) is 2.36. The van der Waals surface area contributed by atoms with Gasteiger partial charge in [-0.15, -0.1) is 0 Å². The van der Waals surface area contributed by atoms with Gasteiger partial charge >= 0.3 is 0 Å². The first-order valence-corrected chi connectivity index (χ1v) is 5.91. The van der Waals surface area contributed by atoms with E-state index in [4.69, 9.17) is 28.6 Å². The number of fused-ring (bicyclic) bond motifs is 4. The average Bonchev–Trinajstić information content (AvgIpc) is 2.17. The quantitative estimate of drug-likeness (QED) is 0.697. The molecule has 3 nitrogen and oxygen atoms in total. The van der Waals surface area contributed by atoms with Crippen molar-refractivity contribution in [3.63, 3.8) is 0 Å². The highest BCUT2D eigenvalue weighted by Crippen LogP contribution is 2.41. The van der Waals surface area contributed by atoms with Crippen LogP contribution in [0.2, 0.25) is 5.02 Å². The van der Waals surface area contributed by atoms with Crippen LogP contribution in [0.4, 0.5) is 0 Å². The first-order chi connectivity index (χ1) is 7.56. The van der Waals surface area contributed by atoms with Crippen molar-refractivity contribution in [3.8, 4) is 5.75 Å². The molecule has 2 unspecified atom stereocenters. The summed E-state index contributed by atoms with van der Waals surface area (Å²) in [4.78, 5) is 0. The Morgan fingerprint density at radius 3 is 3.19 bits per heavy atom. The molecule has 2 N–H and O–H groups in total. The van der Waals surface area contributed by atoms with E-state index < -0.39 is 5.72 Å². The van der Waals surface area contributed by atoms with Crippen molar-refractivity contribution in [2.24, 2.45) is 0 Å². The summed E-state index contributed by atoms with van der Waals surface area (Å²) < 4.78 is 5.92. The number of ether oxygens (including phenoxy) is 1. The molecular weight excluding hydrogens is 244 g/mol. The van der Waals surface area contributed by atoms with Gasteiger partial charge in [0.1, 0.15) is 5.75 Å². The Bertz CT molecular complexity index is 479. The van der Waals surface area contributed by atoms with Crippen LogP contribution < -0.4 is 15.4 Å². The summed E-state index contributed by atoms with van der Waals surface area (Å²) >= 11 is 11.2. The zero-order chi connectivity index (χ0) is 11.3. The molecule has 1 saturated heterocycles. The molecule has 0 aliphatic carbocycles. The Morgan fingerprint density at radius 1 is 1.56 bits per heavy atom. The van der Waals surface area contributed by atoms with Crippen LogP contribution in [-0.2, 0) is 0 Å². The van der Waals surface area contributed by atoms with E-state index in [1.165, 1.54) is 0 Å². The van der Waals surface area contributed by atoms with Gasteiger partial charge in [0.15, 0.2) is 10.8 Å². The van der Waals surface area contributed by atoms with Crippen LogP contribution in [0.15, 0.2) is 18.2 Å². The smallest absolute Gasteiger partial charge is 0.181 e. The summed E-state index contributed by atoms with van der Waals surface area (Å²) in [6.07, 6.45) is 0.834. The Kier molecular flexibility index (Phi) is 2.06. The lowest BCUT2D eigenvalue weighted by Crippen LogP contribution is -2.62. The molecule has 0 aromatic heterocycles. The molecule has 2 bridgehead atoms. The standard InChI is InChI=1S/C11H11ClN2OS/c1-11-5-8(13-10(16)14-11)7-4-6(12)2-3-9(7)15-11/h2-4,8H,5H2,1H3,(H2,13,14,16). The predicted molar refractivity (Wildman–Crippen MR) is 66.7 cm³/mol. The molecule has 1 fully saturated rings. The van der Waals surface area contributed by atoms with Crippen LogP contribution in [0.5, 0.6) is 5.75 Å². The molecule has 1 aromatic carbocycles. The summed E-state index contributed by atoms with van der Waals surface area (Å²) in [5.74, 6) is 0.866. The van der Waals surface area contributed by atoms with Gasteiger partial charge in [0.2, 0.25) is 0 Å². The molecule has 84 valence electrons. The Morgan fingerprint density at radius 2 is 2.38 bits per heavy atom. The fourth-order valence-corrected chi connectivity index (χ4v) is 2.85. The molecule has 2 atom stereocenters. The van der Waals surface area contributed by atoms with E-state index >= 15 is 0 Å². The molecule has 0 saturated carbocycles. The summed E-state index contributed by atoms with van der Waals surface area (Å²) in [6.45, 7) is 2.00. The third-order valence-electron chi connectivity index (χ3n) is 2.96. The maximum atomic E-state index is 5.99. The van der Waals surface area contributed by atoms with E-state index in [1.807, 2.05) is 25.1 Å². The van der Waals surface area contributed by atoms with E-state index in [0.717, 1.165) is 22.8 Å². The van der Waals surface area contributed by atoms with Crippen molar-refractivity contribution < 1.29 is 4.74 Å². The third-order valence-corrected chi connectivity index (χ3v) is 3.41. The van der Waals surface area contributed by atoms with Gasteiger partial charge in [-0.3, -0.25) is 0 Å². The van der Waals surface area contributed by atoms with Crippen LogP contribution in [0.3, 0.4) is 0 Å². The molecule has 1 aromatic rings. The number of benzene rings is 1. The van der Waals surface area contributed by atoms with E-state index in [0.29, 0.717) is 5.11 Å². The lowest BCUT2D eigenvalue weighted by atomic mass is 9.92. The maximum Gasteiger partial charge on any atom is 0.181 e. The molecule has 5 heteroatoms. The summed E-state index contributed by atoms with van der Waals surface area (Å²) in [6, 6.07) is 5.85. The highest BCUT2D eigenvalue weighted by Gasteiger charge is 2.41. The van der Waals surface area contributed by atoms with Crippen LogP contribution >= 0.6 is 23.8 Å². The van der Waals surface area contributed by atoms with Crippen LogP contribution in [0, 0.1) is 0 Å². The number of halogens is 1. The zero-order valence-electron chi connectivity index (χ0n) is 8.71. The molecule has 2 aliphatic rings. The molecule has 3 rings (SSSR count). The molecule has 16 heavy (non-hydrogen) atoms. The van der Waals surface area contributed by atoms with E-state index in [1.54, 1.807) is 0 Å². The Balaban J connectivity index is 2.10. The first-order valence-electron chi connectivity index (χ1n) is 5.13. The largest absolute Gasteiger partial charge is 0.468 e. The van der Waals surface area contributed by atoms with Gasteiger partial charge in [-0.25, -0.2) is 0 Å². The van der Waals surface area contributed by atoms with Gasteiger partial charge in [0.25, 0.3) is 0 Å². The molecule has 0 amide bonds. The molecular formula is C11H11ClN2OS. The van der Waals surface area contributed by atoms with Crippen LogP contribution in [-0.4, -0.2) is 10.8 Å². The fourth-order valence-electron chi connectivity index (χ4n) is 2.31. The lowest BCUT2D eigenvalue weighted by molar-refractivity contribution is 0.0251. The van der Waals surface area contributed by atoms with Gasteiger partial charge in [-0.2, -0.15) is 0 Å². The van der Waals surface area contributed by atoms with Gasteiger partial charge < -0.3 is 15.4 Å². The van der Waals surface area contributed by atoms with Gasteiger partial charge in [0.05, 0.1) is 6.04 Å². The second kappa shape index (κ2) is 3.25. The minimum absolute atomic E-state index is 0.182. The SMILES string of the molecule is CC12CC(NC(=S)N1)c1cc(Cl)ccc1O2. The molecule has 0 radical (unpaired) electrons. The molecule has 0 spiro atoms. The van der Waals surface area contributed by atoms with Crippen molar-refractivity contribution in [1.29, 1.82) is 0 Å². The number of nitrogens with one attached hydrogen (secondary N) is 2. The zero-order valence-corrected chi connectivity index (χ0v) is 10.3. The lowest BCUT2D eigenvalue weighted by Gasteiger charge is -2.45. The van der Waals surface area contributed by atoms with E-state index in [9.17, 15) is 0 Å². The van der Waals surface area contributed by atoms with E-state index in [2.05, 4.69) is 10.6 Å². The highest BCUT2D eigenvalue weighted by molar-refractivity contribution is 7.80. The van der Waals surface area contributed by atoms with Gasteiger partial charge in [-0.05, 0) is 37.3 Å². The second-order valence-corrected chi connectivity index (χ2v) is 5.21. The molecule has 2 heterocycles. The summed E-state index contributed by atoms with van der Waals surface area (Å²) in [5, 5.41) is 7.73. The van der Waals surface area contributed by atoms with Crippen molar-refractivity contribution in [3.05, 3.63) is 28.8 Å². The summed E-state index contributed by atoms with van der Waals surface area (Å²) in [5.41, 5.74) is 0.669. The highest BCUT2D eigenvalue weighted by atomic mass is 35.5. The Labute approximate surface area is 104 Å². The minimum atomic E-state index is -0.409. The summed E-state index contributed by atoms with van der Waals surface area (Å²) in [7, 11) is 0. The monoisotopic (exact) mass is 254 g/mol. The first kappa shape index (κ1) is 10.2. The fraction of sp³-hybridized carbons (Fsp3) is 0.364. The Hall–Kier alpha value is -1.00. The minimum Gasteiger partial charge on any atom is -0.468 e. The van der Waals surface area contributed by atoms with Crippen molar-refractivity contribution in [2.45, 2.75) is 25.1 Å². The van der Waals surface area contributed by atoms with Crippen molar-refractivity contribution in [2.75, 3.05) is 0 Å². The maximum absolute atomic E-state index is 5.99. The van der Waals surface area contributed by atoms with E-state index in [-0.39, 0.29) is 6.04 Å². The van der Waals surface area contributed by atoms with Crippen molar-refractivity contribution in [1.82, 2.24) is 10.6 Å². The second-order valence-electron chi connectivity index (χ2n) is 4.37. The molecule has 2 aliphatic heterocycles. The topological polar surface area (TPSA) is 33.3 Å².